The van der Waals surface area contributed by atoms with Crippen LogP contribution in [0, 0.1) is 5.92 Å². The Labute approximate surface area is 141 Å². The van der Waals surface area contributed by atoms with Gasteiger partial charge in [-0.25, -0.2) is 4.99 Å². The summed E-state index contributed by atoms with van der Waals surface area (Å²) in [6, 6.07) is 8.11. The number of guanidine groups is 1. The topological polar surface area (TPSA) is 48.9 Å². The third-order valence-electron chi connectivity index (χ3n) is 3.20. The number of para-hydroxylation sites is 1. The van der Waals surface area contributed by atoms with Crippen molar-refractivity contribution in [3.63, 3.8) is 0 Å². The minimum absolute atomic E-state index is 0.584. The molecule has 23 heavy (non-hydrogen) atoms. The van der Waals surface area contributed by atoms with Crippen LogP contribution in [0.15, 0.2) is 29.3 Å². The first-order valence-electron chi connectivity index (χ1n) is 8.40. The number of benzene rings is 1. The van der Waals surface area contributed by atoms with Gasteiger partial charge in [0.1, 0.15) is 12.4 Å². The lowest BCUT2D eigenvalue weighted by Gasteiger charge is -2.15. The summed E-state index contributed by atoms with van der Waals surface area (Å²) in [5.74, 6) is 2.35. The van der Waals surface area contributed by atoms with Crippen molar-refractivity contribution in [3.05, 3.63) is 29.8 Å². The van der Waals surface area contributed by atoms with E-state index in [9.17, 15) is 0 Å². The van der Waals surface area contributed by atoms with E-state index in [1.165, 1.54) is 0 Å². The van der Waals surface area contributed by atoms with E-state index in [-0.39, 0.29) is 0 Å². The summed E-state index contributed by atoms with van der Waals surface area (Å²) in [6.45, 7) is 10.4. The third-order valence-corrected chi connectivity index (χ3v) is 3.20. The molecule has 0 fully saturated rings. The number of nitrogens with one attached hydrogen (secondary N) is 2. The molecule has 0 bridgehead atoms. The monoisotopic (exact) mass is 320 g/mol. The molecule has 0 aliphatic rings. The minimum atomic E-state index is 0.584. The van der Waals surface area contributed by atoms with Crippen LogP contribution in [0.25, 0.3) is 0 Å². The number of nitrogens with zero attached hydrogens (tertiary/aromatic N) is 2. The first-order chi connectivity index (χ1) is 11.0. The molecule has 130 valence electrons. The molecule has 0 aliphatic heterocycles. The van der Waals surface area contributed by atoms with Crippen molar-refractivity contribution in [1.82, 2.24) is 15.5 Å². The standard InChI is InChI=1S/C18H32N4O/c1-6-19-18(20-13-15(2)3)21-14-16-9-7-8-10-17(16)23-12-11-22(4)5/h7-10,15H,6,11-14H2,1-5H3,(H2,19,20,21). The second kappa shape index (κ2) is 10.9. The summed E-state index contributed by atoms with van der Waals surface area (Å²) >= 11 is 0. The lowest BCUT2D eigenvalue weighted by molar-refractivity contribution is 0.259. The average molecular weight is 320 g/mol. The Kier molecular flexibility index (Phi) is 9.14. The highest BCUT2D eigenvalue weighted by atomic mass is 16.5. The molecule has 2 N–H and O–H groups in total. The Morgan fingerprint density at radius 2 is 1.96 bits per heavy atom. The largest absolute Gasteiger partial charge is 0.492 e. The Balaban J connectivity index is 2.67. The molecule has 0 amide bonds. The Hall–Kier alpha value is -1.75. The minimum Gasteiger partial charge on any atom is -0.492 e. The highest BCUT2D eigenvalue weighted by molar-refractivity contribution is 5.79. The zero-order chi connectivity index (χ0) is 17.1. The van der Waals surface area contributed by atoms with Gasteiger partial charge in [-0.05, 0) is 33.0 Å². The number of hydrogen-bond donors (Lipinski definition) is 2. The molecule has 1 rings (SSSR count). The molecule has 0 radical (unpaired) electrons. The fourth-order valence-electron chi connectivity index (χ4n) is 1.92. The number of aliphatic imine (C=N–C) groups is 1. The van der Waals surface area contributed by atoms with Crippen LogP contribution in [-0.2, 0) is 6.54 Å². The Morgan fingerprint density at radius 1 is 1.22 bits per heavy atom. The highest BCUT2D eigenvalue weighted by Gasteiger charge is 2.04. The fraction of sp³-hybridized carbons (Fsp3) is 0.611. The van der Waals surface area contributed by atoms with E-state index in [4.69, 9.17) is 4.74 Å². The highest BCUT2D eigenvalue weighted by Crippen LogP contribution is 2.18. The molecule has 0 aliphatic carbocycles. The maximum absolute atomic E-state index is 5.89. The van der Waals surface area contributed by atoms with Gasteiger partial charge in [-0.3, -0.25) is 0 Å². The van der Waals surface area contributed by atoms with Gasteiger partial charge in [-0.15, -0.1) is 0 Å². The molecule has 0 aromatic heterocycles. The second-order valence-electron chi connectivity index (χ2n) is 6.23. The van der Waals surface area contributed by atoms with Crippen molar-refractivity contribution < 1.29 is 4.74 Å². The van der Waals surface area contributed by atoms with Crippen LogP contribution in [0.5, 0.6) is 5.75 Å². The van der Waals surface area contributed by atoms with Crippen molar-refractivity contribution in [1.29, 1.82) is 0 Å². The first kappa shape index (κ1) is 19.3. The maximum atomic E-state index is 5.89. The van der Waals surface area contributed by atoms with Crippen molar-refractivity contribution >= 4 is 5.96 Å². The van der Waals surface area contributed by atoms with Crippen molar-refractivity contribution in [3.8, 4) is 5.75 Å². The summed E-state index contributed by atoms with van der Waals surface area (Å²) in [7, 11) is 4.09. The van der Waals surface area contributed by atoms with Gasteiger partial charge in [0.2, 0.25) is 0 Å². The Morgan fingerprint density at radius 3 is 2.61 bits per heavy atom. The number of ether oxygens (including phenoxy) is 1. The molecule has 0 heterocycles. The van der Waals surface area contributed by atoms with Crippen LogP contribution in [-0.4, -0.2) is 51.2 Å². The molecule has 0 spiro atoms. The SMILES string of the molecule is CCNC(=NCc1ccccc1OCCN(C)C)NCC(C)C. The van der Waals surface area contributed by atoms with E-state index in [1.54, 1.807) is 0 Å². The quantitative estimate of drug-likeness (QED) is 0.542. The zero-order valence-corrected chi connectivity index (χ0v) is 15.2. The number of hydrogen-bond acceptors (Lipinski definition) is 3. The fourth-order valence-corrected chi connectivity index (χ4v) is 1.92. The van der Waals surface area contributed by atoms with Crippen LogP contribution in [0.4, 0.5) is 0 Å². The molecule has 1 aromatic carbocycles. The molecule has 5 nitrogen and oxygen atoms in total. The summed E-state index contributed by atoms with van der Waals surface area (Å²) in [4.78, 5) is 6.77. The normalized spacial score (nSPS) is 11.9. The maximum Gasteiger partial charge on any atom is 0.191 e. The third kappa shape index (κ3) is 8.45. The molecule has 0 saturated heterocycles. The van der Waals surface area contributed by atoms with E-state index in [1.807, 2.05) is 32.3 Å². The van der Waals surface area contributed by atoms with Crippen molar-refractivity contribution in [2.45, 2.75) is 27.3 Å². The second-order valence-corrected chi connectivity index (χ2v) is 6.23. The van der Waals surface area contributed by atoms with E-state index >= 15 is 0 Å². The lowest BCUT2D eigenvalue weighted by atomic mass is 10.2. The van der Waals surface area contributed by atoms with Gasteiger partial charge in [-0.2, -0.15) is 0 Å². The van der Waals surface area contributed by atoms with Crippen LogP contribution < -0.4 is 15.4 Å². The van der Waals surface area contributed by atoms with Crippen LogP contribution in [0.1, 0.15) is 26.3 Å². The van der Waals surface area contributed by atoms with Gasteiger partial charge in [-0.1, -0.05) is 32.0 Å². The van der Waals surface area contributed by atoms with E-state index < -0.39 is 0 Å². The number of likely N-dealkylation sites (N-methyl/N-ethyl adjacent to an activating group) is 1. The molecule has 0 saturated carbocycles. The van der Waals surface area contributed by atoms with E-state index in [0.29, 0.717) is 19.1 Å². The van der Waals surface area contributed by atoms with E-state index in [0.717, 1.165) is 36.9 Å². The van der Waals surface area contributed by atoms with Gasteiger partial charge in [0.15, 0.2) is 5.96 Å². The van der Waals surface area contributed by atoms with Gasteiger partial charge >= 0.3 is 0 Å². The van der Waals surface area contributed by atoms with Gasteiger partial charge in [0.25, 0.3) is 0 Å². The molecule has 0 atom stereocenters. The van der Waals surface area contributed by atoms with Crippen molar-refractivity contribution in [2.75, 3.05) is 40.3 Å². The predicted molar refractivity (Wildman–Crippen MR) is 98.1 cm³/mol. The summed E-state index contributed by atoms with van der Waals surface area (Å²) in [5.41, 5.74) is 1.10. The molecule has 1 aromatic rings. The zero-order valence-electron chi connectivity index (χ0n) is 15.2. The van der Waals surface area contributed by atoms with Crippen molar-refractivity contribution in [2.24, 2.45) is 10.9 Å². The van der Waals surface area contributed by atoms with Gasteiger partial charge in [0, 0.05) is 25.2 Å². The van der Waals surface area contributed by atoms with Crippen LogP contribution >= 0.6 is 0 Å². The first-order valence-corrected chi connectivity index (χ1v) is 8.40. The summed E-state index contributed by atoms with van der Waals surface area (Å²) < 4.78 is 5.89. The molecule has 0 unspecified atom stereocenters. The summed E-state index contributed by atoms with van der Waals surface area (Å²) in [5, 5.41) is 6.64. The molecule has 5 heteroatoms. The van der Waals surface area contributed by atoms with Gasteiger partial charge in [0.05, 0.1) is 6.54 Å². The predicted octanol–water partition coefficient (Wildman–Crippen LogP) is 2.34. The van der Waals surface area contributed by atoms with Crippen LogP contribution in [0.2, 0.25) is 0 Å². The Bertz CT molecular complexity index is 472. The molecular weight excluding hydrogens is 288 g/mol. The van der Waals surface area contributed by atoms with E-state index in [2.05, 4.69) is 47.4 Å². The molecular formula is C18H32N4O. The smallest absolute Gasteiger partial charge is 0.191 e. The van der Waals surface area contributed by atoms with Crippen LogP contribution in [0.3, 0.4) is 0 Å². The lowest BCUT2D eigenvalue weighted by Crippen LogP contribution is -2.39. The van der Waals surface area contributed by atoms with Gasteiger partial charge < -0.3 is 20.3 Å². The summed E-state index contributed by atoms with van der Waals surface area (Å²) in [6.07, 6.45) is 0. The number of rotatable bonds is 9. The average Bonchev–Trinajstić information content (AvgIpc) is 2.50.